The highest BCUT2D eigenvalue weighted by molar-refractivity contribution is 7.99. The number of nitrogens with zero attached hydrogens (tertiary/aromatic N) is 5. The van der Waals surface area contributed by atoms with Crippen molar-refractivity contribution in [2.75, 3.05) is 54.8 Å². The van der Waals surface area contributed by atoms with Crippen molar-refractivity contribution in [1.29, 1.82) is 0 Å². The molecule has 0 atom stereocenters. The van der Waals surface area contributed by atoms with Crippen LogP contribution in [-0.4, -0.2) is 71.8 Å². The van der Waals surface area contributed by atoms with Gasteiger partial charge in [0.25, 0.3) is 0 Å². The van der Waals surface area contributed by atoms with Gasteiger partial charge in [0.2, 0.25) is 5.91 Å². The molecule has 3 aromatic rings. The maximum Gasteiger partial charge on any atom is 0.230 e. The van der Waals surface area contributed by atoms with Crippen LogP contribution in [0.5, 0.6) is 0 Å². The van der Waals surface area contributed by atoms with Crippen molar-refractivity contribution in [3.05, 3.63) is 77.2 Å². The molecule has 2 aliphatic rings. The van der Waals surface area contributed by atoms with Crippen LogP contribution in [0.25, 0.3) is 0 Å². The van der Waals surface area contributed by atoms with Gasteiger partial charge in [-0.15, -0.1) is 0 Å². The van der Waals surface area contributed by atoms with E-state index in [9.17, 15) is 9.18 Å². The standard InChI is InChI=1S/C28H32ClFN6OS/c29-25-18-26(36-16-14-35(15-17-36)24-9-5-4-8-23(24)30)33-28(32-25)38-20-27(37)31-22-10-12-34(13-11-22)19-21-6-2-1-3-7-21/h1-9,18,22H,10-17,19-20H2,(H,31,37). The number of para-hydroxylation sites is 1. The summed E-state index contributed by atoms with van der Waals surface area (Å²) in [6.07, 6.45) is 1.89. The normalized spacial score (nSPS) is 17.0. The molecule has 0 aliphatic carbocycles. The van der Waals surface area contributed by atoms with E-state index in [0.29, 0.717) is 42.2 Å². The van der Waals surface area contributed by atoms with Gasteiger partial charge in [-0.2, -0.15) is 0 Å². The average molecular weight is 555 g/mol. The van der Waals surface area contributed by atoms with Crippen LogP contribution in [0.4, 0.5) is 15.9 Å². The van der Waals surface area contributed by atoms with E-state index < -0.39 is 0 Å². The minimum absolute atomic E-state index is 0.0138. The third-order valence-electron chi connectivity index (χ3n) is 6.99. The number of thioether (sulfide) groups is 1. The Morgan fingerprint density at radius 2 is 1.63 bits per heavy atom. The first-order valence-corrected chi connectivity index (χ1v) is 14.4. The van der Waals surface area contributed by atoms with Crippen molar-refractivity contribution in [2.24, 2.45) is 0 Å². The summed E-state index contributed by atoms with van der Waals surface area (Å²) in [5, 5.41) is 4.00. The fourth-order valence-electron chi connectivity index (χ4n) is 4.97. The van der Waals surface area contributed by atoms with Crippen LogP contribution >= 0.6 is 23.4 Å². The van der Waals surface area contributed by atoms with Crippen LogP contribution < -0.4 is 15.1 Å². The molecule has 38 heavy (non-hydrogen) atoms. The molecule has 2 fully saturated rings. The largest absolute Gasteiger partial charge is 0.366 e. The first-order valence-electron chi connectivity index (χ1n) is 13.0. The molecule has 0 unspecified atom stereocenters. The molecular formula is C28H32ClFN6OS. The van der Waals surface area contributed by atoms with Crippen molar-refractivity contribution in [3.8, 4) is 0 Å². The molecule has 10 heteroatoms. The van der Waals surface area contributed by atoms with E-state index in [0.717, 1.165) is 38.3 Å². The summed E-state index contributed by atoms with van der Waals surface area (Å²) in [4.78, 5) is 28.2. The maximum absolute atomic E-state index is 14.2. The smallest absolute Gasteiger partial charge is 0.230 e. The van der Waals surface area contributed by atoms with Crippen LogP contribution in [0.2, 0.25) is 5.15 Å². The summed E-state index contributed by atoms with van der Waals surface area (Å²) >= 11 is 7.60. The van der Waals surface area contributed by atoms with Gasteiger partial charge in [0.05, 0.1) is 11.4 Å². The molecule has 0 saturated carbocycles. The van der Waals surface area contributed by atoms with Crippen molar-refractivity contribution < 1.29 is 9.18 Å². The fraction of sp³-hybridized carbons (Fsp3) is 0.393. The number of halogens is 2. The summed E-state index contributed by atoms with van der Waals surface area (Å²) in [7, 11) is 0. The Labute approximate surface area is 232 Å². The van der Waals surface area contributed by atoms with E-state index in [1.54, 1.807) is 18.2 Å². The minimum atomic E-state index is -0.208. The molecule has 2 saturated heterocycles. The zero-order valence-corrected chi connectivity index (χ0v) is 22.8. The number of carbonyl (C=O) groups excluding carboxylic acids is 1. The second kappa shape index (κ2) is 12.8. The maximum atomic E-state index is 14.2. The van der Waals surface area contributed by atoms with E-state index in [1.807, 2.05) is 17.0 Å². The first-order chi connectivity index (χ1) is 18.5. The lowest BCUT2D eigenvalue weighted by Gasteiger charge is -2.36. The number of likely N-dealkylation sites (tertiary alicyclic amines) is 1. The van der Waals surface area contributed by atoms with E-state index in [4.69, 9.17) is 11.6 Å². The molecule has 7 nitrogen and oxygen atoms in total. The Morgan fingerprint density at radius 1 is 0.947 bits per heavy atom. The van der Waals surface area contributed by atoms with Crippen LogP contribution in [0.1, 0.15) is 18.4 Å². The predicted octanol–water partition coefficient (Wildman–Crippen LogP) is 4.47. The van der Waals surface area contributed by atoms with Gasteiger partial charge in [-0.1, -0.05) is 65.8 Å². The Balaban J connectivity index is 1.08. The molecule has 5 rings (SSSR count). The third kappa shape index (κ3) is 7.15. The van der Waals surface area contributed by atoms with Crippen molar-refractivity contribution in [3.63, 3.8) is 0 Å². The Morgan fingerprint density at radius 3 is 2.37 bits per heavy atom. The molecule has 0 spiro atoms. The van der Waals surface area contributed by atoms with Crippen LogP contribution in [0.3, 0.4) is 0 Å². The highest BCUT2D eigenvalue weighted by atomic mass is 35.5. The summed E-state index contributed by atoms with van der Waals surface area (Å²) in [6.45, 7) is 5.62. The molecule has 3 heterocycles. The molecule has 1 aromatic heterocycles. The van der Waals surface area contributed by atoms with E-state index in [-0.39, 0.29) is 23.5 Å². The van der Waals surface area contributed by atoms with E-state index in [1.165, 1.54) is 23.4 Å². The molecule has 0 radical (unpaired) electrons. The molecule has 1 N–H and O–H groups in total. The van der Waals surface area contributed by atoms with Crippen LogP contribution in [-0.2, 0) is 11.3 Å². The van der Waals surface area contributed by atoms with Crippen LogP contribution in [0.15, 0.2) is 65.8 Å². The number of rotatable bonds is 8. The lowest BCUT2D eigenvalue weighted by atomic mass is 10.0. The van der Waals surface area contributed by atoms with Gasteiger partial charge in [-0.05, 0) is 30.5 Å². The van der Waals surface area contributed by atoms with E-state index in [2.05, 4.69) is 49.4 Å². The topological polar surface area (TPSA) is 64.6 Å². The number of benzene rings is 2. The zero-order chi connectivity index (χ0) is 26.3. The highest BCUT2D eigenvalue weighted by Crippen LogP contribution is 2.25. The zero-order valence-electron chi connectivity index (χ0n) is 21.2. The first kappa shape index (κ1) is 26.7. The fourth-order valence-corrected chi connectivity index (χ4v) is 5.87. The lowest BCUT2D eigenvalue weighted by molar-refractivity contribution is -0.119. The third-order valence-corrected chi connectivity index (χ3v) is 8.03. The summed E-state index contributed by atoms with van der Waals surface area (Å²) in [6, 6.07) is 19.3. The number of hydrogen-bond donors (Lipinski definition) is 1. The SMILES string of the molecule is O=C(CSc1nc(Cl)cc(N2CCN(c3ccccc3F)CC2)n1)NC1CCN(Cc2ccccc2)CC1. The summed E-state index contributed by atoms with van der Waals surface area (Å²) in [5.74, 6) is 0.748. The number of piperazine rings is 1. The number of carbonyl (C=O) groups is 1. The molecule has 1 amide bonds. The van der Waals surface area contributed by atoms with Crippen molar-refractivity contribution in [1.82, 2.24) is 20.2 Å². The highest BCUT2D eigenvalue weighted by Gasteiger charge is 2.23. The predicted molar refractivity (Wildman–Crippen MR) is 151 cm³/mol. The van der Waals surface area contributed by atoms with Gasteiger partial charge in [0.1, 0.15) is 16.8 Å². The number of piperidine rings is 1. The Hall–Kier alpha value is -2.88. The molecule has 2 aromatic carbocycles. The number of nitrogens with one attached hydrogen (secondary N) is 1. The van der Waals surface area contributed by atoms with Gasteiger partial charge in [0, 0.05) is 57.9 Å². The van der Waals surface area contributed by atoms with Gasteiger partial charge in [-0.3, -0.25) is 9.69 Å². The van der Waals surface area contributed by atoms with Gasteiger partial charge in [0.15, 0.2) is 5.16 Å². The Kier molecular flexibility index (Phi) is 8.98. The second-order valence-corrected chi connectivity index (χ2v) is 11.0. The molecule has 0 bridgehead atoms. The monoisotopic (exact) mass is 554 g/mol. The van der Waals surface area contributed by atoms with Crippen molar-refractivity contribution in [2.45, 2.75) is 30.6 Å². The number of hydrogen-bond acceptors (Lipinski definition) is 7. The molecular weight excluding hydrogens is 523 g/mol. The van der Waals surface area contributed by atoms with Gasteiger partial charge < -0.3 is 15.1 Å². The average Bonchev–Trinajstić information content (AvgIpc) is 2.94. The van der Waals surface area contributed by atoms with Crippen LogP contribution in [0, 0.1) is 5.82 Å². The molecule has 200 valence electrons. The van der Waals surface area contributed by atoms with Gasteiger partial charge in [-0.25, -0.2) is 14.4 Å². The quantitative estimate of drug-likeness (QED) is 0.250. The number of aromatic nitrogens is 2. The van der Waals surface area contributed by atoms with E-state index >= 15 is 0 Å². The van der Waals surface area contributed by atoms with Gasteiger partial charge >= 0.3 is 0 Å². The Bertz CT molecular complexity index is 1220. The minimum Gasteiger partial charge on any atom is -0.366 e. The second-order valence-electron chi connectivity index (χ2n) is 9.65. The summed E-state index contributed by atoms with van der Waals surface area (Å²) in [5.41, 5.74) is 1.94. The molecule has 2 aliphatic heterocycles. The number of amides is 1. The lowest BCUT2D eigenvalue weighted by Crippen LogP contribution is -2.47. The summed E-state index contributed by atoms with van der Waals surface area (Å²) < 4.78 is 14.2. The van der Waals surface area contributed by atoms with Crippen molar-refractivity contribution >= 4 is 40.8 Å². The number of anilines is 2.